The number of aliphatic imine (C=N–C) groups is 1. The molecule has 2 heterocycles. The zero-order valence-corrected chi connectivity index (χ0v) is 14.1. The second kappa shape index (κ2) is 7.85. The second-order valence-electron chi connectivity index (χ2n) is 5.64. The van der Waals surface area contributed by atoms with E-state index in [2.05, 4.69) is 20.7 Å². The Bertz CT molecular complexity index is 812. The van der Waals surface area contributed by atoms with Crippen LogP contribution in [0.15, 0.2) is 46.4 Å². The fourth-order valence-electron chi connectivity index (χ4n) is 2.60. The summed E-state index contributed by atoms with van der Waals surface area (Å²) < 4.78 is 7.10. The summed E-state index contributed by atoms with van der Waals surface area (Å²) in [4.78, 5) is 15.8. The molecule has 1 aromatic heterocycles. The van der Waals surface area contributed by atoms with E-state index in [1.807, 2.05) is 6.08 Å². The molecule has 0 saturated carbocycles. The standard InChI is InChI=1S/C16H21N7O3/c17-15-13(8-20-23(15)4-5-24)21-11-2-1-10(7-12(11)22-16(18)25)14-9-19-3-6-26-14/h1-2,7-8,19,24H,3-6,9,17H2,(H3,18,22,25)/b14-10+,21-11-. The molecule has 0 atom stereocenters. The summed E-state index contributed by atoms with van der Waals surface area (Å²) in [6, 6.07) is -0.699. The molecular formula is C16H21N7O3. The predicted octanol–water partition coefficient (Wildman–Crippen LogP) is -0.474. The number of aromatic nitrogens is 2. The molecule has 10 heteroatoms. The first-order valence-electron chi connectivity index (χ1n) is 8.12. The smallest absolute Gasteiger partial charge is 0.316 e. The first-order chi connectivity index (χ1) is 12.6. The van der Waals surface area contributed by atoms with Gasteiger partial charge in [0, 0.05) is 12.1 Å². The van der Waals surface area contributed by atoms with E-state index < -0.39 is 6.03 Å². The van der Waals surface area contributed by atoms with Crippen LogP contribution in [0.5, 0.6) is 0 Å². The van der Waals surface area contributed by atoms with Crippen molar-refractivity contribution in [2.75, 3.05) is 32.0 Å². The molecule has 2 aliphatic rings. The fraction of sp³-hybridized carbons (Fsp3) is 0.312. The first-order valence-corrected chi connectivity index (χ1v) is 8.12. The number of morpholine rings is 1. The average Bonchev–Trinajstić information content (AvgIpc) is 2.97. The number of nitrogen functional groups attached to an aromatic ring is 1. The van der Waals surface area contributed by atoms with Crippen LogP contribution in [0.1, 0.15) is 0 Å². The molecule has 0 aromatic carbocycles. The lowest BCUT2D eigenvalue weighted by Gasteiger charge is -2.21. The highest BCUT2D eigenvalue weighted by atomic mass is 16.5. The van der Waals surface area contributed by atoms with E-state index in [1.54, 1.807) is 12.2 Å². The molecule has 0 radical (unpaired) electrons. The number of aliphatic hydroxyl groups is 1. The number of nitrogens with zero attached hydrogens (tertiary/aromatic N) is 3. The first kappa shape index (κ1) is 17.7. The van der Waals surface area contributed by atoms with Crippen molar-refractivity contribution in [3.63, 3.8) is 0 Å². The summed E-state index contributed by atoms with van der Waals surface area (Å²) in [5.41, 5.74) is 13.4. The number of primary amides is 1. The minimum Gasteiger partial charge on any atom is -0.495 e. The van der Waals surface area contributed by atoms with Gasteiger partial charge < -0.3 is 31.9 Å². The number of allylic oxidation sites excluding steroid dienone is 4. The molecule has 10 nitrogen and oxygen atoms in total. The van der Waals surface area contributed by atoms with Crippen LogP contribution in [-0.4, -0.2) is 52.9 Å². The number of carbonyl (C=O) groups excluding carboxylic acids is 1. The number of hydrogen-bond donors (Lipinski definition) is 5. The van der Waals surface area contributed by atoms with Crippen LogP contribution in [0.3, 0.4) is 0 Å². The zero-order valence-electron chi connectivity index (χ0n) is 14.1. The van der Waals surface area contributed by atoms with E-state index >= 15 is 0 Å². The van der Waals surface area contributed by atoms with Gasteiger partial charge in [0.05, 0.1) is 37.3 Å². The minimum atomic E-state index is -0.699. The van der Waals surface area contributed by atoms with Gasteiger partial charge in [-0.15, -0.1) is 0 Å². The van der Waals surface area contributed by atoms with Crippen molar-refractivity contribution >= 4 is 23.2 Å². The van der Waals surface area contributed by atoms with E-state index in [9.17, 15) is 4.79 Å². The lowest BCUT2D eigenvalue weighted by Crippen LogP contribution is -2.33. The third-order valence-electron chi connectivity index (χ3n) is 3.83. The van der Waals surface area contributed by atoms with E-state index in [1.165, 1.54) is 10.9 Å². The Morgan fingerprint density at radius 1 is 1.50 bits per heavy atom. The number of carbonyl (C=O) groups is 1. The summed E-state index contributed by atoms with van der Waals surface area (Å²) in [5.74, 6) is 1.10. The molecule has 26 heavy (non-hydrogen) atoms. The Hall–Kier alpha value is -3.11. The highest BCUT2D eigenvalue weighted by Gasteiger charge is 2.17. The van der Waals surface area contributed by atoms with Gasteiger partial charge in [-0.3, -0.25) is 0 Å². The molecule has 3 rings (SSSR count). The second-order valence-corrected chi connectivity index (χ2v) is 5.64. The quantitative estimate of drug-likeness (QED) is 0.490. The number of aliphatic hydroxyl groups excluding tert-OH is 1. The van der Waals surface area contributed by atoms with Crippen molar-refractivity contribution in [1.82, 2.24) is 20.4 Å². The SMILES string of the molecule is NC(=O)NC1=CC(=C2\CNCCO2)/C=CC/1=N/c1cnn(CCO)c1N. The number of ether oxygens (including phenoxy) is 1. The molecule has 1 fully saturated rings. The Kier molecular flexibility index (Phi) is 5.34. The maximum atomic E-state index is 11.4. The van der Waals surface area contributed by atoms with Crippen molar-refractivity contribution in [2.45, 2.75) is 6.54 Å². The molecule has 1 saturated heterocycles. The summed E-state index contributed by atoms with van der Waals surface area (Å²) in [5, 5.41) is 18.9. The molecule has 0 bridgehead atoms. The number of amides is 2. The zero-order chi connectivity index (χ0) is 18.5. The summed E-state index contributed by atoms with van der Waals surface area (Å²) in [7, 11) is 0. The van der Waals surface area contributed by atoms with Gasteiger partial charge in [0.25, 0.3) is 0 Å². The van der Waals surface area contributed by atoms with Gasteiger partial charge in [-0.2, -0.15) is 5.10 Å². The van der Waals surface area contributed by atoms with Crippen molar-refractivity contribution in [2.24, 2.45) is 10.7 Å². The number of nitrogens with one attached hydrogen (secondary N) is 2. The highest BCUT2D eigenvalue weighted by Crippen LogP contribution is 2.25. The molecule has 1 aromatic rings. The van der Waals surface area contributed by atoms with Crippen LogP contribution in [0.25, 0.3) is 0 Å². The average molecular weight is 359 g/mol. The summed E-state index contributed by atoms with van der Waals surface area (Å²) in [6.45, 7) is 2.17. The Morgan fingerprint density at radius 3 is 3.04 bits per heavy atom. The Labute approximate surface area is 149 Å². The van der Waals surface area contributed by atoms with E-state index in [-0.39, 0.29) is 13.2 Å². The number of hydrogen-bond acceptors (Lipinski definition) is 7. The molecule has 1 aliphatic heterocycles. The maximum Gasteiger partial charge on any atom is 0.316 e. The normalized spacial score (nSPS) is 21.4. The van der Waals surface area contributed by atoms with Crippen molar-refractivity contribution in [1.29, 1.82) is 0 Å². The largest absolute Gasteiger partial charge is 0.495 e. The Morgan fingerprint density at radius 2 is 2.35 bits per heavy atom. The van der Waals surface area contributed by atoms with Gasteiger partial charge in [0.2, 0.25) is 0 Å². The number of rotatable bonds is 4. The summed E-state index contributed by atoms with van der Waals surface area (Å²) in [6.07, 6.45) is 6.84. The minimum absolute atomic E-state index is 0.0822. The van der Waals surface area contributed by atoms with Crippen LogP contribution in [0.4, 0.5) is 16.3 Å². The van der Waals surface area contributed by atoms with Gasteiger partial charge in [-0.25, -0.2) is 14.5 Å². The Balaban J connectivity index is 1.94. The van der Waals surface area contributed by atoms with Crippen LogP contribution >= 0.6 is 0 Å². The van der Waals surface area contributed by atoms with Crippen molar-refractivity contribution in [3.05, 3.63) is 41.5 Å². The monoisotopic (exact) mass is 359 g/mol. The van der Waals surface area contributed by atoms with Crippen LogP contribution in [-0.2, 0) is 11.3 Å². The van der Waals surface area contributed by atoms with Gasteiger partial charge in [0.15, 0.2) is 0 Å². The van der Waals surface area contributed by atoms with Gasteiger partial charge in [0.1, 0.15) is 23.9 Å². The highest BCUT2D eigenvalue weighted by molar-refractivity contribution is 6.13. The van der Waals surface area contributed by atoms with E-state index in [0.29, 0.717) is 36.1 Å². The third-order valence-corrected chi connectivity index (χ3v) is 3.83. The summed E-state index contributed by atoms with van der Waals surface area (Å²) >= 11 is 0. The van der Waals surface area contributed by atoms with Gasteiger partial charge >= 0.3 is 6.03 Å². The third kappa shape index (κ3) is 3.92. The molecule has 0 unspecified atom stereocenters. The lowest BCUT2D eigenvalue weighted by molar-refractivity contribution is 0.176. The molecular weight excluding hydrogens is 338 g/mol. The van der Waals surface area contributed by atoms with Crippen molar-refractivity contribution < 1.29 is 14.6 Å². The molecule has 138 valence electrons. The van der Waals surface area contributed by atoms with E-state index in [4.69, 9.17) is 21.3 Å². The van der Waals surface area contributed by atoms with Gasteiger partial charge in [-0.1, -0.05) is 0 Å². The van der Waals surface area contributed by atoms with Crippen LogP contribution in [0, 0.1) is 0 Å². The van der Waals surface area contributed by atoms with Crippen LogP contribution < -0.4 is 22.1 Å². The fourth-order valence-corrected chi connectivity index (χ4v) is 2.60. The van der Waals surface area contributed by atoms with Crippen LogP contribution in [0.2, 0.25) is 0 Å². The molecule has 2 amide bonds. The van der Waals surface area contributed by atoms with Crippen molar-refractivity contribution in [3.8, 4) is 0 Å². The lowest BCUT2D eigenvalue weighted by atomic mass is 10.0. The molecule has 7 N–H and O–H groups in total. The number of urea groups is 1. The molecule has 1 aliphatic carbocycles. The predicted molar refractivity (Wildman–Crippen MR) is 96.6 cm³/mol. The number of anilines is 1. The topological polar surface area (TPSA) is 153 Å². The maximum absolute atomic E-state index is 11.4. The molecule has 0 spiro atoms. The van der Waals surface area contributed by atoms with Gasteiger partial charge in [-0.05, 0) is 18.2 Å². The number of nitrogens with two attached hydrogens (primary N) is 2. The van der Waals surface area contributed by atoms with E-state index in [0.717, 1.165) is 17.9 Å².